The highest BCUT2D eigenvalue weighted by Crippen LogP contribution is 2.21. The van der Waals surface area contributed by atoms with Crippen LogP contribution >= 0.6 is 11.8 Å². The predicted octanol–water partition coefficient (Wildman–Crippen LogP) is 3.03. The fourth-order valence-corrected chi connectivity index (χ4v) is 3.65. The second-order valence-electron chi connectivity index (χ2n) is 6.52. The Kier molecular flexibility index (Phi) is 6.56. The van der Waals surface area contributed by atoms with Crippen LogP contribution in [0.1, 0.15) is 12.5 Å². The van der Waals surface area contributed by atoms with Crippen molar-refractivity contribution in [3.05, 3.63) is 60.3 Å². The van der Waals surface area contributed by atoms with E-state index in [9.17, 15) is 19.5 Å². The number of aromatic nitrogens is 1. The van der Waals surface area contributed by atoms with E-state index in [1.54, 1.807) is 30.5 Å². The number of carbonyl (C=O) groups excluding carboxylic acids is 2. The maximum atomic E-state index is 12.3. The van der Waals surface area contributed by atoms with E-state index < -0.39 is 12.0 Å². The van der Waals surface area contributed by atoms with Crippen LogP contribution in [-0.4, -0.2) is 39.7 Å². The van der Waals surface area contributed by atoms with E-state index in [-0.39, 0.29) is 24.0 Å². The van der Waals surface area contributed by atoms with Gasteiger partial charge in [0.05, 0.1) is 5.75 Å². The molecule has 0 bridgehead atoms. The largest absolute Gasteiger partial charge is 0.480 e. The van der Waals surface area contributed by atoms with Crippen LogP contribution in [0.2, 0.25) is 0 Å². The number of carboxylic acid groups (broad SMARTS) is 1. The first-order chi connectivity index (χ1) is 13.9. The zero-order valence-corrected chi connectivity index (χ0v) is 16.6. The summed E-state index contributed by atoms with van der Waals surface area (Å²) in [6.45, 7) is 1.43. The molecule has 1 aromatic heterocycles. The lowest BCUT2D eigenvalue weighted by Gasteiger charge is -2.14. The molecule has 2 amide bonds. The van der Waals surface area contributed by atoms with Crippen molar-refractivity contribution in [2.24, 2.45) is 0 Å². The predicted molar refractivity (Wildman–Crippen MR) is 113 cm³/mol. The molecule has 3 aromatic rings. The monoisotopic (exact) mass is 411 g/mol. The van der Waals surface area contributed by atoms with Crippen molar-refractivity contribution < 1.29 is 19.5 Å². The van der Waals surface area contributed by atoms with Crippen molar-refractivity contribution >= 4 is 46.1 Å². The lowest BCUT2D eigenvalue weighted by Crippen LogP contribution is -2.43. The fourth-order valence-electron chi connectivity index (χ4n) is 2.94. The Hall–Kier alpha value is -3.26. The van der Waals surface area contributed by atoms with Crippen LogP contribution in [0, 0.1) is 0 Å². The van der Waals surface area contributed by atoms with Gasteiger partial charge < -0.3 is 20.7 Å². The average molecular weight is 411 g/mol. The number of benzene rings is 2. The van der Waals surface area contributed by atoms with Crippen LogP contribution in [0.5, 0.6) is 0 Å². The number of aliphatic carboxylic acids is 1. The number of carbonyl (C=O) groups is 3. The number of thioether (sulfide) groups is 1. The summed E-state index contributed by atoms with van der Waals surface area (Å²) in [6.07, 6.45) is 1.97. The van der Waals surface area contributed by atoms with Crippen molar-refractivity contribution in [3.8, 4) is 0 Å². The lowest BCUT2D eigenvalue weighted by atomic mass is 10.1. The van der Waals surface area contributed by atoms with E-state index in [1.807, 2.05) is 24.3 Å². The van der Waals surface area contributed by atoms with Crippen LogP contribution in [0.15, 0.2) is 59.6 Å². The molecule has 0 aliphatic heterocycles. The van der Waals surface area contributed by atoms with E-state index in [4.69, 9.17) is 0 Å². The molecule has 0 spiro atoms. The summed E-state index contributed by atoms with van der Waals surface area (Å²) in [7, 11) is 0. The molecule has 7 nitrogen and oxygen atoms in total. The average Bonchev–Trinajstić information content (AvgIpc) is 3.09. The number of nitrogens with one attached hydrogen (secondary N) is 3. The molecular weight excluding hydrogens is 390 g/mol. The normalized spacial score (nSPS) is 11.8. The molecule has 0 saturated heterocycles. The minimum atomic E-state index is -1.08. The summed E-state index contributed by atoms with van der Waals surface area (Å²) in [5, 5.41) is 15.7. The molecule has 0 aliphatic rings. The number of rotatable bonds is 8. The van der Waals surface area contributed by atoms with Crippen LogP contribution in [0.3, 0.4) is 0 Å². The first-order valence-corrected chi connectivity index (χ1v) is 9.98. The summed E-state index contributed by atoms with van der Waals surface area (Å²) >= 11 is 1.30. The highest BCUT2D eigenvalue weighted by Gasteiger charge is 2.21. The Balaban J connectivity index is 1.57. The maximum Gasteiger partial charge on any atom is 0.326 e. The van der Waals surface area contributed by atoms with Gasteiger partial charge in [0, 0.05) is 41.0 Å². The number of H-pyrrole nitrogens is 1. The van der Waals surface area contributed by atoms with E-state index >= 15 is 0 Å². The number of carboxylic acids is 1. The van der Waals surface area contributed by atoms with Crippen molar-refractivity contribution in [2.75, 3.05) is 11.1 Å². The number of fused-ring (bicyclic) bond motifs is 1. The summed E-state index contributed by atoms with van der Waals surface area (Å²) in [6, 6.07) is 13.7. The zero-order valence-electron chi connectivity index (χ0n) is 15.8. The first kappa shape index (κ1) is 20.5. The Morgan fingerprint density at radius 3 is 2.52 bits per heavy atom. The fraction of sp³-hybridized carbons (Fsp3) is 0.190. The van der Waals surface area contributed by atoms with E-state index in [0.29, 0.717) is 5.69 Å². The zero-order chi connectivity index (χ0) is 20.8. The van der Waals surface area contributed by atoms with E-state index in [2.05, 4.69) is 15.6 Å². The molecule has 0 saturated carbocycles. The molecule has 29 heavy (non-hydrogen) atoms. The van der Waals surface area contributed by atoms with Crippen molar-refractivity contribution in [3.63, 3.8) is 0 Å². The van der Waals surface area contributed by atoms with Crippen molar-refractivity contribution in [1.82, 2.24) is 10.3 Å². The summed E-state index contributed by atoms with van der Waals surface area (Å²) < 4.78 is 0. The number of anilines is 1. The molecule has 1 unspecified atom stereocenters. The quantitative estimate of drug-likeness (QED) is 0.426. The van der Waals surface area contributed by atoms with Gasteiger partial charge >= 0.3 is 5.97 Å². The third-order valence-corrected chi connectivity index (χ3v) is 5.29. The third kappa shape index (κ3) is 5.61. The summed E-state index contributed by atoms with van der Waals surface area (Å²) in [4.78, 5) is 38.9. The molecule has 0 radical (unpaired) electrons. The summed E-state index contributed by atoms with van der Waals surface area (Å²) in [5.41, 5.74) is 2.45. The number of aromatic amines is 1. The molecule has 150 valence electrons. The Morgan fingerprint density at radius 1 is 1.10 bits per heavy atom. The smallest absolute Gasteiger partial charge is 0.326 e. The van der Waals surface area contributed by atoms with Gasteiger partial charge in [-0.2, -0.15) is 0 Å². The lowest BCUT2D eigenvalue weighted by molar-refractivity contribution is -0.141. The Morgan fingerprint density at radius 2 is 1.83 bits per heavy atom. The first-order valence-electron chi connectivity index (χ1n) is 9.00. The van der Waals surface area contributed by atoms with Crippen molar-refractivity contribution in [2.45, 2.75) is 24.3 Å². The number of para-hydroxylation sites is 1. The summed E-state index contributed by atoms with van der Waals surface area (Å²) in [5.74, 6) is -1.49. The van der Waals surface area contributed by atoms with Crippen LogP contribution in [0.4, 0.5) is 5.69 Å². The molecular formula is C21H21N3O4S. The van der Waals surface area contributed by atoms with Crippen LogP contribution in [-0.2, 0) is 20.8 Å². The second-order valence-corrected chi connectivity index (χ2v) is 7.56. The molecule has 1 atom stereocenters. The Bertz CT molecular complexity index is 1030. The van der Waals surface area contributed by atoms with Gasteiger partial charge in [0.1, 0.15) is 6.04 Å². The number of hydrogen-bond acceptors (Lipinski definition) is 4. The minimum absolute atomic E-state index is 0.0944. The van der Waals surface area contributed by atoms with Gasteiger partial charge in [-0.05, 0) is 35.9 Å². The molecule has 3 rings (SSSR count). The topological polar surface area (TPSA) is 111 Å². The van der Waals surface area contributed by atoms with Crippen LogP contribution in [0.25, 0.3) is 10.9 Å². The Labute approximate surface area is 171 Å². The van der Waals surface area contributed by atoms with Crippen LogP contribution < -0.4 is 10.6 Å². The SMILES string of the molecule is CC(=O)Nc1ccc(SCC(=O)NC(Cc2c[nH]c3ccccc23)C(=O)O)cc1. The molecule has 8 heteroatoms. The minimum Gasteiger partial charge on any atom is -0.480 e. The standard InChI is InChI=1S/C21H21N3O4S/c1-13(25)23-15-6-8-16(9-7-15)29-12-20(26)24-19(21(27)28)10-14-11-22-18-5-3-2-4-17(14)18/h2-9,11,19,22H,10,12H2,1H3,(H,23,25)(H,24,26)(H,27,28). The highest BCUT2D eigenvalue weighted by molar-refractivity contribution is 8.00. The maximum absolute atomic E-state index is 12.3. The molecule has 4 N–H and O–H groups in total. The molecule has 2 aromatic carbocycles. The van der Waals surface area contributed by atoms with E-state index in [1.165, 1.54) is 18.7 Å². The number of hydrogen-bond donors (Lipinski definition) is 4. The van der Waals surface area contributed by atoms with Gasteiger partial charge in [0.15, 0.2) is 0 Å². The van der Waals surface area contributed by atoms with Gasteiger partial charge in [-0.3, -0.25) is 9.59 Å². The van der Waals surface area contributed by atoms with Gasteiger partial charge in [0.25, 0.3) is 0 Å². The van der Waals surface area contributed by atoms with Crippen molar-refractivity contribution in [1.29, 1.82) is 0 Å². The highest BCUT2D eigenvalue weighted by atomic mass is 32.2. The van der Waals surface area contributed by atoms with Gasteiger partial charge in [-0.15, -0.1) is 11.8 Å². The second kappa shape index (κ2) is 9.29. The van der Waals surface area contributed by atoms with Gasteiger partial charge in [0.2, 0.25) is 11.8 Å². The number of amides is 2. The third-order valence-electron chi connectivity index (χ3n) is 4.28. The van der Waals surface area contributed by atoms with E-state index in [0.717, 1.165) is 21.4 Å². The van der Waals surface area contributed by atoms with Gasteiger partial charge in [-0.25, -0.2) is 4.79 Å². The molecule has 0 fully saturated rings. The molecule has 0 aliphatic carbocycles. The molecule has 1 heterocycles. The van der Waals surface area contributed by atoms with Gasteiger partial charge in [-0.1, -0.05) is 18.2 Å².